The van der Waals surface area contributed by atoms with Crippen molar-refractivity contribution in [2.45, 2.75) is 33.6 Å². The summed E-state index contributed by atoms with van der Waals surface area (Å²) in [4.78, 5) is 21.3. The molecule has 0 atom stereocenters. The quantitative estimate of drug-likeness (QED) is 0.630. The van der Waals surface area contributed by atoms with E-state index in [4.69, 9.17) is 5.11 Å². The minimum Gasteiger partial charge on any atom is -0.475 e. The fourth-order valence-electron chi connectivity index (χ4n) is 0.829. The monoisotopic (exact) mass is 158 g/mol. The average Bonchev–Trinajstić information content (AvgIpc) is 2.01. The van der Waals surface area contributed by atoms with Crippen LogP contribution in [0.4, 0.5) is 0 Å². The van der Waals surface area contributed by atoms with Crippen molar-refractivity contribution in [2.75, 3.05) is 0 Å². The summed E-state index contributed by atoms with van der Waals surface area (Å²) in [6, 6.07) is 0. The highest BCUT2D eigenvalue weighted by Crippen LogP contribution is 2.26. The number of ketones is 1. The zero-order chi connectivity index (χ0) is 9.07. The Morgan fingerprint density at radius 1 is 1.27 bits per heavy atom. The van der Waals surface area contributed by atoms with E-state index in [0.29, 0.717) is 12.8 Å². The van der Waals surface area contributed by atoms with Crippen LogP contribution in [0.3, 0.4) is 0 Å². The first-order chi connectivity index (χ1) is 4.98. The third-order valence-electron chi connectivity index (χ3n) is 2.30. The molecule has 0 aromatic heterocycles. The van der Waals surface area contributed by atoms with Gasteiger partial charge in [-0.2, -0.15) is 0 Å². The number of Topliss-reactive ketones (excluding diaryl/α,β-unsaturated/α-hetero) is 1. The molecule has 0 amide bonds. The van der Waals surface area contributed by atoms with Crippen molar-refractivity contribution in [3.8, 4) is 0 Å². The van der Waals surface area contributed by atoms with Crippen molar-refractivity contribution >= 4 is 11.8 Å². The normalized spacial score (nSPS) is 11.2. The second kappa shape index (κ2) is 3.51. The lowest BCUT2D eigenvalue weighted by molar-refractivity contribution is -0.154. The van der Waals surface area contributed by atoms with E-state index in [2.05, 4.69) is 0 Å². The SMILES string of the molecule is CCC(C)(CC)C(=O)C(=O)O. The summed E-state index contributed by atoms with van der Waals surface area (Å²) < 4.78 is 0. The van der Waals surface area contributed by atoms with Crippen LogP contribution >= 0.6 is 0 Å². The van der Waals surface area contributed by atoms with E-state index in [-0.39, 0.29) is 0 Å². The molecule has 0 aromatic carbocycles. The van der Waals surface area contributed by atoms with Crippen LogP contribution in [0.15, 0.2) is 0 Å². The van der Waals surface area contributed by atoms with Crippen molar-refractivity contribution in [1.29, 1.82) is 0 Å². The summed E-state index contributed by atoms with van der Waals surface area (Å²) in [5, 5.41) is 8.43. The average molecular weight is 158 g/mol. The Labute approximate surface area is 66.4 Å². The van der Waals surface area contributed by atoms with Gasteiger partial charge in [-0.3, -0.25) is 4.79 Å². The summed E-state index contributed by atoms with van der Waals surface area (Å²) >= 11 is 0. The van der Waals surface area contributed by atoms with E-state index in [1.54, 1.807) is 6.92 Å². The largest absolute Gasteiger partial charge is 0.475 e. The minimum atomic E-state index is -1.32. The minimum absolute atomic E-state index is 0.578. The van der Waals surface area contributed by atoms with Crippen LogP contribution in [-0.4, -0.2) is 16.9 Å². The van der Waals surface area contributed by atoms with Crippen LogP contribution in [0.5, 0.6) is 0 Å². The Bertz CT molecular complexity index is 168. The van der Waals surface area contributed by atoms with Crippen molar-refractivity contribution in [2.24, 2.45) is 5.41 Å². The Morgan fingerprint density at radius 2 is 1.64 bits per heavy atom. The molecule has 0 saturated carbocycles. The van der Waals surface area contributed by atoms with E-state index in [0.717, 1.165) is 0 Å². The molecule has 0 spiro atoms. The number of aliphatic carboxylic acids is 1. The van der Waals surface area contributed by atoms with Gasteiger partial charge in [0.05, 0.1) is 0 Å². The van der Waals surface area contributed by atoms with Gasteiger partial charge in [0.2, 0.25) is 5.78 Å². The lowest BCUT2D eigenvalue weighted by Crippen LogP contribution is -2.32. The second-order valence-corrected chi connectivity index (χ2v) is 2.90. The van der Waals surface area contributed by atoms with Crippen LogP contribution < -0.4 is 0 Å². The van der Waals surface area contributed by atoms with Crippen molar-refractivity contribution < 1.29 is 14.7 Å². The molecule has 3 heteroatoms. The highest BCUT2D eigenvalue weighted by Gasteiger charge is 2.33. The van der Waals surface area contributed by atoms with Gasteiger partial charge in [0.1, 0.15) is 0 Å². The zero-order valence-corrected chi connectivity index (χ0v) is 7.18. The second-order valence-electron chi connectivity index (χ2n) is 2.90. The maximum atomic E-state index is 11.0. The number of rotatable bonds is 4. The van der Waals surface area contributed by atoms with E-state index in [9.17, 15) is 9.59 Å². The molecule has 11 heavy (non-hydrogen) atoms. The summed E-state index contributed by atoms with van der Waals surface area (Å²) in [5.41, 5.74) is -0.675. The number of hydrogen-bond acceptors (Lipinski definition) is 2. The molecule has 0 unspecified atom stereocenters. The Kier molecular flexibility index (Phi) is 3.23. The number of carbonyl (C=O) groups excluding carboxylic acids is 1. The standard InChI is InChI=1S/C8H14O3/c1-4-8(3,5-2)6(9)7(10)11/h4-5H2,1-3H3,(H,10,11). The van der Waals surface area contributed by atoms with E-state index < -0.39 is 17.2 Å². The molecular formula is C8H14O3. The van der Waals surface area contributed by atoms with Gasteiger partial charge in [-0.1, -0.05) is 20.8 Å². The molecular weight excluding hydrogens is 144 g/mol. The third-order valence-corrected chi connectivity index (χ3v) is 2.30. The fraction of sp³-hybridized carbons (Fsp3) is 0.750. The fourth-order valence-corrected chi connectivity index (χ4v) is 0.829. The molecule has 0 radical (unpaired) electrons. The van der Waals surface area contributed by atoms with Crippen molar-refractivity contribution in [3.05, 3.63) is 0 Å². The zero-order valence-electron chi connectivity index (χ0n) is 7.18. The van der Waals surface area contributed by atoms with Crippen molar-refractivity contribution in [3.63, 3.8) is 0 Å². The van der Waals surface area contributed by atoms with Gasteiger partial charge in [-0.05, 0) is 12.8 Å². The molecule has 0 bridgehead atoms. The molecule has 64 valence electrons. The maximum absolute atomic E-state index is 11.0. The van der Waals surface area contributed by atoms with Gasteiger partial charge in [0.15, 0.2) is 0 Å². The predicted octanol–water partition coefficient (Wildman–Crippen LogP) is 1.47. The third kappa shape index (κ3) is 2.03. The first-order valence-electron chi connectivity index (χ1n) is 3.75. The van der Waals surface area contributed by atoms with Crippen LogP contribution in [0, 0.1) is 5.41 Å². The summed E-state index contributed by atoms with van der Waals surface area (Å²) in [6.45, 7) is 5.33. The molecule has 0 aromatic rings. The van der Waals surface area contributed by atoms with Crippen LogP contribution in [0.1, 0.15) is 33.6 Å². The number of carboxylic acid groups (broad SMARTS) is 1. The molecule has 0 aliphatic carbocycles. The molecule has 0 aliphatic heterocycles. The summed E-state index contributed by atoms with van der Waals surface area (Å²) in [7, 11) is 0. The Hall–Kier alpha value is -0.860. The van der Waals surface area contributed by atoms with Crippen LogP contribution in [0.2, 0.25) is 0 Å². The molecule has 0 saturated heterocycles. The lowest BCUT2D eigenvalue weighted by atomic mass is 9.80. The van der Waals surface area contributed by atoms with Gasteiger partial charge in [-0.25, -0.2) is 4.79 Å². The number of carboxylic acids is 1. The maximum Gasteiger partial charge on any atom is 0.372 e. The van der Waals surface area contributed by atoms with E-state index >= 15 is 0 Å². The molecule has 0 heterocycles. The van der Waals surface area contributed by atoms with Gasteiger partial charge < -0.3 is 5.11 Å². The number of carbonyl (C=O) groups is 2. The smallest absolute Gasteiger partial charge is 0.372 e. The lowest BCUT2D eigenvalue weighted by Gasteiger charge is -2.21. The Balaban J connectivity index is 4.50. The molecule has 0 fully saturated rings. The predicted molar refractivity (Wildman–Crippen MR) is 41.3 cm³/mol. The molecule has 1 N–H and O–H groups in total. The molecule has 3 nitrogen and oxygen atoms in total. The first kappa shape index (κ1) is 10.1. The van der Waals surface area contributed by atoms with E-state index in [1.807, 2.05) is 13.8 Å². The van der Waals surface area contributed by atoms with Gasteiger partial charge in [0.25, 0.3) is 0 Å². The molecule has 0 aliphatic rings. The summed E-state index contributed by atoms with van der Waals surface area (Å²) in [5.74, 6) is -2.00. The van der Waals surface area contributed by atoms with E-state index in [1.165, 1.54) is 0 Å². The van der Waals surface area contributed by atoms with Gasteiger partial charge in [0, 0.05) is 5.41 Å². The first-order valence-corrected chi connectivity index (χ1v) is 3.75. The van der Waals surface area contributed by atoms with Gasteiger partial charge in [-0.15, -0.1) is 0 Å². The van der Waals surface area contributed by atoms with Crippen LogP contribution in [0.25, 0.3) is 0 Å². The summed E-state index contributed by atoms with van der Waals surface area (Å²) in [6.07, 6.45) is 1.16. The Morgan fingerprint density at radius 3 is 1.73 bits per heavy atom. The highest BCUT2D eigenvalue weighted by atomic mass is 16.4. The van der Waals surface area contributed by atoms with Gasteiger partial charge >= 0.3 is 5.97 Å². The van der Waals surface area contributed by atoms with Crippen molar-refractivity contribution in [1.82, 2.24) is 0 Å². The number of hydrogen-bond donors (Lipinski definition) is 1. The topological polar surface area (TPSA) is 54.4 Å². The molecule has 0 rings (SSSR count). The highest BCUT2D eigenvalue weighted by molar-refractivity contribution is 6.34. The van der Waals surface area contributed by atoms with Crippen LogP contribution in [-0.2, 0) is 9.59 Å².